The Morgan fingerprint density at radius 1 is 1.23 bits per heavy atom. The second kappa shape index (κ2) is 7.48. The van der Waals surface area contributed by atoms with Gasteiger partial charge in [0, 0.05) is 37.2 Å². The molecule has 10 heteroatoms. The number of nitro groups is 1. The molecule has 2 rings (SSSR count). The molecule has 0 radical (unpaired) electrons. The van der Waals surface area contributed by atoms with E-state index in [0.717, 1.165) is 6.26 Å². The van der Waals surface area contributed by atoms with Crippen LogP contribution >= 0.6 is 0 Å². The number of hydrogen-bond acceptors (Lipinski definition) is 6. The van der Waals surface area contributed by atoms with E-state index in [0.29, 0.717) is 11.1 Å². The van der Waals surface area contributed by atoms with E-state index in [9.17, 15) is 28.1 Å². The number of hydrogen-bond donors (Lipinski definition) is 1. The van der Waals surface area contributed by atoms with Crippen LogP contribution in [0.1, 0.15) is 6.42 Å². The Kier molecular flexibility index (Phi) is 5.56. The van der Waals surface area contributed by atoms with E-state index in [-0.39, 0.29) is 18.7 Å². The van der Waals surface area contributed by atoms with Gasteiger partial charge in [-0.3, -0.25) is 19.7 Å². The number of carbonyl (C=O) groups is 1. The molecule has 0 aliphatic rings. The van der Waals surface area contributed by atoms with Gasteiger partial charge in [-0.2, -0.15) is 0 Å². The van der Waals surface area contributed by atoms with Gasteiger partial charge in [0.15, 0.2) is 9.84 Å². The van der Waals surface area contributed by atoms with Gasteiger partial charge in [0.1, 0.15) is 5.25 Å². The highest BCUT2D eigenvalue weighted by molar-refractivity contribution is 7.92. The molecule has 2 aromatic rings. The first-order chi connectivity index (χ1) is 12.1. The number of aryl methyl sites for hydroxylation is 1. The lowest BCUT2D eigenvalue weighted by Gasteiger charge is -2.12. The SMILES string of the molecule is CS(=O)(=O)C(CCn1ccc(-c2ccc([N+](=O)[O-])cc2)cc1=O)C(N)=O. The van der Waals surface area contributed by atoms with Crippen molar-refractivity contribution in [2.75, 3.05) is 6.26 Å². The van der Waals surface area contributed by atoms with Gasteiger partial charge in [0.05, 0.1) is 4.92 Å². The largest absolute Gasteiger partial charge is 0.369 e. The lowest BCUT2D eigenvalue weighted by molar-refractivity contribution is -0.384. The van der Waals surface area contributed by atoms with Crippen molar-refractivity contribution in [2.24, 2.45) is 5.73 Å². The summed E-state index contributed by atoms with van der Waals surface area (Å²) in [5.41, 5.74) is 5.85. The molecule has 1 aromatic carbocycles. The summed E-state index contributed by atoms with van der Waals surface area (Å²) in [6.45, 7) is 0.0139. The molecule has 1 unspecified atom stereocenters. The monoisotopic (exact) mass is 379 g/mol. The van der Waals surface area contributed by atoms with Crippen molar-refractivity contribution in [2.45, 2.75) is 18.2 Å². The molecule has 1 aromatic heterocycles. The average Bonchev–Trinajstić information content (AvgIpc) is 2.55. The number of benzene rings is 1. The molecule has 1 amide bonds. The van der Waals surface area contributed by atoms with E-state index in [4.69, 9.17) is 5.73 Å². The van der Waals surface area contributed by atoms with Crippen molar-refractivity contribution in [3.05, 3.63) is 63.1 Å². The second-order valence-corrected chi connectivity index (χ2v) is 7.99. The molecule has 0 bridgehead atoms. The molecule has 138 valence electrons. The minimum Gasteiger partial charge on any atom is -0.369 e. The number of nitro benzene ring substituents is 1. The molecule has 0 aliphatic heterocycles. The zero-order chi connectivity index (χ0) is 19.5. The molecule has 2 N–H and O–H groups in total. The first kappa shape index (κ1) is 19.3. The van der Waals surface area contributed by atoms with E-state index in [1.807, 2.05) is 0 Å². The fraction of sp³-hybridized carbons (Fsp3) is 0.250. The van der Waals surface area contributed by atoms with Crippen LogP contribution < -0.4 is 11.3 Å². The number of non-ortho nitro benzene ring substituents is 1. The number of sulfone groups is 1. The van der Waals surface area contributed by atoms with Crippen molar-refractivity contribution in [3.63, 3.8) is 0 Å². The Bertz CT molecular complexity index is 995. The number of rotatable bonds is 7. The van der Waals surface area contributed by atoms with Crippen LogP contribution in [0.5, 0.6) is 0 Å². The number of nitrogens with zero attached hydrogens (tertiary/aromatic N) is 2. The summed E-state index contributed by atoms with van der Waals surface area (Å²) >= 11 is 0. The highest BCUT2D eigenvalue weighted by atomic mass is 32.2. The minimum atomic E-state index is -3.65. The van der Waals surface area contributed by atoms with E-state index < -0.39 is 31.5 Å². The highest BCUT2D eigenvalue weighted by Crippen LogP contribution is 2.21. The summed E-state index contributed by atoms with van der Waals surface area (Å²) in [6, 6.07) is 8.70. The molecular formula is C16H17N3O6S. The molecule has 0 spiro atoms. The molecule has 1 atom stereocenters. The third-order valence-corrected chi connectivity index (χ3v) is 5.38. The fourth-order valence-corrected chi connectivity index (χ4v) is 3.43. The van der Waals surface area contributed by atoms with E-state index in [1.54, 1.807) is 6.07 Å². The molecular weight excluding hydrogens is 362 g/mol. The Morgan fingerprint density at radius 3 is 2.31 bits per heavy atom. The zero-order valence-electron chi connectivity index (χ0n) is 13.9. The van der Waals surface area contributed by atoms with Crippen molar-refractivity contribution in [1.82, 2.24) is 4.57 Å². The summed E-state index contributed by atoms with van der Waals surface area (Å²) in [7, 11) is -3.65. The molecule has 1 heterocycles. The van der Waals surface area contributed by atoms with Gasteiger partial charge in [-0.15, -0.1) is 0 Å². The maximum atomic E-state index is 12.2. The topological polar surface area (TPSA) is 142 Å². The Hall–Kier alpha value is -3.01. The Morgan fingerprint density at radius 2 is 1.85 bits per heavy atom. The summed E-state index contributed by atoms with van der Waals surface area (Å²) < 4.78 is 24.4. The summed E-state index contributed by atoms with van der Waals surface area (Å²) in [5.74, 6) is -0.956. The van der Waals surface area contributed by atoms with Crippen LogP contribution in [-0.2, 0) is 21.2 Å². The number of aromatic nitrogens is 1. The predicted octanol–water partition coefficient (Wildman–Crippen LogP) is 0.712. The second-order valence-electron chi connectivity index (χ2n) is 5.76. The molecule has 0 fully saturated rings. The summed E-state index contributed by atoms with van der Waals surface area (Å²) in [5, 5.41) is 9.31. The maximum absolute atomic E-state index is 12.2. The number of primary amides is 1. The standard InChI is InChI=1S/C16H17N3O6S/c1-26(24,25)14(16(17)21)7-9-18-8-6-12(10-15(18)20)11-2-4-13(5-3-11)19(22)23/h2-6,8,10,14H,7,9H2,1H3,(H2,17,21). The maximum Gasteiger partial charge on any atom is 0.269 e. The molecule has 0 saturated heterocycles. The van der Waals surface area contributed by atoms with Crippen LogP contribution in [0.2, 0.25) is 0 Å². The Labute approximate surface area is 149 Å². The highest BCUT2D eigenvalue weighted by Gasteiger charge is 2.26. The number of amides is 1. The first-order valence-electron chi connectivity index (χ1n) is 7.53. The van der Waals surface area contributed by atoms with Gasteiger partial charge in [-0.25, -0.2) is 8.42 Å². The molecule has 0 saturated carbocycles. The third kappa shape index (κ3) is 4.54. The summed E-state index contributed by atoms with van der Waals surface area (Å²) in [6.07, 6.45) is 2.28. The van der Waals surface area contributed by atoms with Gasteiger partial charge in [-0.1, -0.05) is 0 Å². The average molecular weight is 379 g/mol. The molecule has 0 aliphatic carbocycles. The van der Waals surface area contributed by atoms with Crippen LogP contribution in [0, 0.1) is 10.1 Å². The predicted molar refractivity (Wildman–Crippen MR) is 95.2 cm³/mol. The van der Waals surface area contributed by atoms with Crippen molar-refractivity contribution >= 4 is 21.4 Å². The van der Waals surface area contributed by atoms with E-state index in [2.05, 4.69) is 0 Å². The van der Waals surface area contributed by atoms with Crippen LogP contribution in [0.3, 0.4) is 0 Å². The van der Waals surface area contributed by atoms with Gasteiger partial charge >= 0.3 is 0 Å². The molecule has 26 heavy (non-hydrogen) atoms. The van der Waals surface area contributed by atoms with E-state index >= 15 is 0 Å². The fourth-order valence-electron chi connectivity index (χ4n) is 2.47. The lowest BCUT2D eigenvalue weighted by Crippen LogP contribution is -2.36. The normalized spacial score (nSPS) is 12.5. The van der Waals surface area contributed by atoms with Gasteiger partial charge in [-0.05, 0) is 35.7 Å². The molecule has 9 nitrogen and oxygen atoms in total. The lowest BCUT2D eigenvalue weighted by atomic mass is 10.1. The number of pyridine rings is 1. The van der Waals surface area contributed by atoms with Crippen molar-refractivity contribution in [1.29, 1.82) is 0 Å². The van der Waals surface area contributed by atoms with Gasteiger partial charge in [0.25, 0.3) is 11.2 Å². The van der Waals surface area contributed by atoms with Crippen LogP contribution in [-0.4, -0.2) is 35.3 Å². The van der Waals surface area contributed by atoms with Gasteiger partial charge in [0.2, 0.25) is 5.91 Å². The summed E-state index contributed by atoms with van der Waals surface area (Å²) in [4.78, 5) is 33.6. The third-order valence-electron chi connectivity index (χ3n) is 3.87. The number of carbonyl (C=O) groups excluding carboxylic acids is 1. The number of nitrogens with two attached hydrogens (primary N) is 1. The first-order valence-corrected chi connectivity index (χ1v) is 9.48. The van der Waals surface area contributed by atoms with Crippen LogP contribution in [0.25, 0.3) is 11.1 Å². The smallest absolute Gasteiger partial charge is 0.269 e. The van der Waals surface area contributed by atoms with Gasteiger partial charge < -0.3 is 10.3 Å². The van der Waals surface area contributed by atoms with E-state index in [1.165, 1.54) is 41.1 Å². The van der Waals surface area contributed by atoms with Crippen LogP contribution in [0.4, 0.5) is 5.69 Å². The van der Waals surface area contributed by atoms with Crippen molar-refractivity contribution < 1.29 is 18.1 Å². The van der Waals surface area contributed by atoms with Crippen molar-refractivity contribution in [3.8, 4) is 11.1 Å². The minimum absolute atomic E-state index is 0.0139. The zero-order valence-corrected chi connectivity index (χ0v) is 14.7. The van der Waals surface area contributed by atoms with Crippen LogP contribution in [0.15, 0.2) is 47.4 Å². The quantitative estimate of drug-likeness (QED) is 0.554. The Balaban J connectivity index is 2.20.